The summed E-state index contributed by atoms with van der Waals surface area (Å²) in [6.07, 6.45) is 1.61. The number of rotatable bonds is 3. The lowest BCUT2D eigenvalue weighted by atomic mass is 9.96. The number of carbonyl (C=O) groups is 1. The predicted octanol–water partition coefficient (Wildman–Crippen LogP) is 2.70. The number of carbonyl (C=O) groups excluding carboxylic acids is 1. The van der Waals surface area contributed by atoms with E-state index in [1.54, 1.807) is 6.07 Å². The van der Waals surface area contributed by atoms with Crippen LogP contribution in [0.2, 0.25) is 5.02 Å². The molecule has 2 N–H and O–H groups in total. The fourth-order valence-electron chi connectivity index (χ4n) is 2.40. The number of nitrogens with two attached hydrogens (primary N) is 1. The quantitative estimate of drug-likeness (QED) is 0.684. The van der Waals surface area contributed by atoms with Crippen LogP contribution in [0.4, 0.5) is 11.4 Å². The predicted molar refractivity (Wildman–Crippen MR) is 77.4 cm³/mol. The van der Waals surface area contributed by atoms with E-state index in [1.165, 1.54) is 0 Å². The molecule has 0 radical (unpaired) electrons. The van der Waals surface area contributed by atoms with Crippen LogP contribution in [0.25, 0.3) is 0 Å². The lowest BCUT2D eigenvalue weighted by Gasteiger charge is -2.33. The minimum atomic E-state index is -0.0782. The van der Waals surface area contributed by atoms with Crippen LogP contribution < -0.4 is 10.6 Å². The fourth-order valence-corrected chi connectivity index (χ4v) is 2.70. The van der Waals surface area contributed by atoms with Gasteiger partial charge in [0.2, 0.25) is 0 Å². The average Bonchev–Trinajstić information content (AvgIpc) is 2.39. The molecule has 0 spiro atoms. The summed E-state index contributed by atoms with van der Waals surface area (Å²) in [5, 5.41) is 0.662. The third-order valence-corrected chi connectivity index (χ3v) is 3.73. The van der Waals surface area contributed by atoms with Crippen LogP contribution in [0.3, 0.4) is 0 Å². The second-order valence-electron chi connectivity index (χ2n) is 4.72. The van der Waals surface area contributed by atoms with Gasteiger partial charge in [-0.05, 0) is 38.0 Å². The number of benzene rings is 1. The SMILES string of the molecule is CCOC(=O)C1CCN(c2ccc(N)cc2Cl)CC1. The van der Waals surface area contributed by atoms with Crippen molar-refractivity contribution in [3.05, 3.63) is 23.2 Å². The highest BCUT2D eigenvalue weighted by molar-refractivity contribution is 6.33. The Morgan fingerprint density at radius 1 is 1.47 bits per heavy atom. The Balaban J connectivity index is 1.98. The zero-order valence-electron chi connectivity index (χ0n) is 11.1. The first-order valence-corrected chi connectivity index (χ1v) is 6.96. The first kappa shape index (κ1) is 14.0. The third-order valence-electron chi connectivity index (χ3n) is 3.43. The monoisotopic (exact) mass is 282 g/mol. The van der Waals surface area contributed by atoms with Crippen molar-refractivity contribution in [3.8, 4) is 0 Å². The highest BCUT2D eigenvalue weighted by atomic mass is 35.5. The Hall–Kier alpha value is -1.42. The molecule has 0 bridgehead atoms. The van der Waals surface area contributed by atoms with Crippen molar-refractivity contribution < 1.29 is 9.53 Å². The van der Waals surface area contributed by atoms with E-state index >= 15 is 0 Å². The van der Waals surface area contributed by atoms with E-state index in [-0.39, 0.29) is 11.9 Å². The molecule has 19 heavy (non-hydrogen) atoms. The zero-order valence-corrected chi connectivity index (χ0v) is 11.8. The molecule has 104 valence electrons. The van der Waals surface area contributed by atoms with Crippen molar-refractivity contribution in [1.29, 1.82) is 0 Å². The normalized spacial score (nSPS) is 16.4. The minimum absolute atomic E-state index is 0.0174. The molecule has 0 saturated carbocycles. The van der Waals surface area contributed by atoms with Gasteiger partial charge in [-0.15, -0.1) is 0 Å². The van der Waals surface area contributed by atoms with Crippen LogP contribution in [0, 0.1) is 5.92 Å². The second kappa shape index (κ2) is 6.15. The van der Waals surface area contributed by atoms with E-state index < -0.39 is 0 Å². The standard InChI is InChI=1S/C14H19ClN2O2/c1-2-19-14(18)10-5-7-17(8-6-10)13-4-3-11(16)9-12(13)15/h3-4,9-10H,2,5-8,16H2,1H3. The maximum Gasteiger partial charge on any atom is 0.309 e. The van der Waals surface area contributed by atoms with Gasteiger partial charge in [-0.25, -0.2) is 0 Å². The molecular formula is C14H19ClN2O2. The lowest BCUT2D eigenvalue weighted by molar-refractivity contribution is -0.148. The molecule has 1 aliphatic heterocycles. The van der Waals surface area contributed by atoms with Crippen LogP contribution in [-0.2, 0) is 9.53 Å². The molecule has 1 saturated heterocycles. The molecule has 5 heteroatoms. The smallest absolute Gasteiger partial charge is 0.309 e. The second-order valence-corrected chi connectivity index (χ2v) is 5.13. The molecule has 1 aliphatic rings. The average molecular weight is 283 g/mol. The summed E-state index contributed by atoms with van der Waals surface area (Å²) in [5.41, 5.74) is 7.33. The number of hydrogen-bond donors (Lipinski definition) is 1. The van der Waals surface area contributed by atoms with Crippen LogP contribution in [0.1, 0.15) is 19.8 Å². The third kappa shape index (κ3) is 3.32. The summed E-state index contributed by atoms with van der Waals surface area (Å²) in [5.74, 6) is -0.0608. The van der Waals surface area contributed by atoms with E-state index in [9.17, 15) is 4.79 Å². The van der Waals surface area contributed by atoms with Crippen molar-refractivity contribution in [1.82, 2.24) is 0 Å². The molecule has 1 fully saturated rings. The van der Waals surface area contributed by atoms with E-state index in [4.69, 9.17) is 22.1 Å². The number of nitrogens with zero attached hydrogens (tertiary/aromatic N) is 1. The lowest BCUT2D eigenvalue weighted by Crippen LogP contribution is -2.37. The van der Waals surface area contributed by atoms with Crippen LogP contribution >= 0.6 is 11.6 Å². The van der Waals surface area contributed by atoms with Gasteiger partial charge in [-0.3, -0.25) is 4.79 Å². The Kier molecular flexibility index (Phi) is 4.53. The molecule has 4 nitrogen and oxygen atoms in total. The maximum absolute atomic E-state index is 11.7. The Morgan fingerprint density at radius 3 is 2.74 bits per heavy atom. The summed E-state index contributed by atoms with van der Waals surface area (Å²) in [6.45, 7) is 3.91. The zero-order chi connectivity index (χ0) is 13.8. The summed E-state index contributed by atoms with van der Waals surface area (Å²) in [7, 11) is 0. The molecule has 0 unspecified atom stereocenters. The number of ether oxygens (including phenoxy) is 1. The highest BCUT2D eigenvalue weighted by Crippen LogP contribution is 2.31. The molecular weight excluding hydrogens is 264 g/mol. The van der Waals surface area contributed by atoms with Crippen LogP contribution in [0.5, 0.6) is 0 Å². The van der Waals surface area contributed by atoms with Crippen molar-refractivity contribution in [2.24, 2.45) is 5.92 Å². The molecule has 0 aliphatic carbocycles. The van der Waals surface area contributed by atoms with E-state index in [0.717, 1.165) is 31.6 Å². The molecule has 0 atom stereocenters. The van der Waals surface area contributed by atoms with E-state index in [2.05, 4.69) is 4.90 Å². The molecule has 1 heterocycles. The van der Waals surface area contributed by atoms with Crippen molar-refractivity contribution in [2.75, 3.05) is 30.3 Å². The van der Waals surface area contributed by atoms with Gasteiger partial charge in [-0.1, -0.05) is 11.6 Å². The number of nitrogen functional groups attached to an aromatic ring is 1. The van der Waals surface area contributed by atoms with Crippen molar-refractivity contribution >= 4 is 28.9 Å². The molecule has 1 aromatic carbocycles. The Morgan fingerprint density at radius 2 is 2.16 bits per heavy atom. The van der Waals surface area contributed by atoms with Crippen molar-refractivity contribution in [2.45, 2.75) is 19.8 Å². The summed E-state index contributed by atoms with van der Waals surface area (Å²) >= 11 is 6.20. The topological polar surface area (TPSA) is 55.6 Å². The molecule has 0 amide bonds. The van der Waals surface area contributed by atoms with Crippen LogP contribution in [0.15, 0.2) is 18.2 Å². The summed E-state index contributed by atoms with van der Waals surface area (Å²) in [6, 6.07) is 5.54. The van der Waals surface area contributed by atoms with E-state index in [0.29, 0.717) is 17.3 Å². The number of piperidine rings is 1. The number of esters is 1. The summed E-state index contributed by atoms with van der Waals surface area (Å²) < 4.78 is 5.06. The first-order chi connectivity index (χ1) is 9.11. The van der Waals surface area contributed by atoms with Gasteiger partial charge in [0.05, 0.1) is 23.2 Å². The summed E-state index contributed by atoms with van der Waals surface area (Å²) in [4.78, 5) is 13.9. The first-order valence-electron chi connectivity index (χ1n) is 6.58. The largest absolute Gasteiger partial charge is 0.466 e. The Bertz CT molecular complexity index is 457. The number of hydrogen-bond acceptors (Lipinski definition) is 4. The maximum atomic E-state index is 11.7. The minimum Gasteiger partial charge on any atom is -0.466 e. The molecule has 2 rings (SSSR count). The Labute approximate surface area is 118 Å². The van der Waals surface area contributed by atoms with Gasteiger partial charge in [0.25, 0.3) is 0 Å². The number of halogens is 1. The van der Waals surface area contributed by atoms with Crippen LogP contribution in [-0.4, -0.2) is 25.7 Å². The van der Waals surface area contributed by atoms with Gasteiger partial charge in [0.15, 0.2) is 0 Å². The van der Waals surface area contributed by atoms with E-state index in [1.807, 2.05) is 19.1 Å². The fraction of sp³-hybridized carbons (Fsp3) is 0.500. The molecule has 0 aromatic heterocycles. The van der Waals surface area contributed by atoms with Gasteiger partial charge >= 0.3 is 5.97 Å². The van der Waals surface area contributed by atoms with Gasteiger partial charge in [0.1, 0.15) is 0 Å². The number of anilines is 2. The molecule has 1 aromatic rings. The van der Waals surface area contributed by atoms with Gasteiger partial charge in [0, 0.05) is 18.8 Å². The van der Waals surface area contributed by atoms with Gasteiger partial charge in [-0.2, -0.15) is 0 Å². The van der Waals surface area contributed by atoms with Crippen molar-refractivity contribution in [3.63, 3.8) is 0 Å². The highest BCUT2D eigenvalue weighted by Gasteiger charge is 2.26. The van der Waals surface area contributed by atoms with Gasteiger partial charge < -0.3 is 15.4 Å².